The lowest BCUT2D eigenvalue weighted by molar-refractivity contribution is 0.567. The molecule has 0 spiro atoms. The van der Waals surface area contributed by atoms with Crippen molar-refractivity contribution >= 4 is 22.8 Å². The van der Waals surface area contributed by atoms with Crippen molar-refractivity contribution in [3.8, 4) is 11.8 Å². The summed E-state index contributed by atoms with van der Waals surface area (Å²) in [4.78, 5) is 31.1. The molecule has 1 fully saturated rings. The molecule has 2 heterocycles. The molecule has 1 saturated carbocycles. The molecule has 0 unspecified atom stereocenters. The second kappa shape index (κ2) is 7.56. The van der Waals surface area contributed by atoms with Crippen LogP contribution in [0.2, 0.25) is 5.02 Å². The molecule has 154 valence electrons. The first-order valence-corrected chi connectivity index (χ1v) is 10.4. The number of nitrogens with zero attached hydrogens (tertiary/aromatic N) is 5. The Kier molecular flexibility index (Phi) is 4.72. The van der Waals surface area contributed by atoms with Gasteiger partial charge in [-0.25, -0.2) is 14.3 Å². The second-order valence-electron chi connectivity index (χ2n) is 7.81. The van der Waals surface area contributed by atoms with E-state index in [-0.39, 0.29) is 5.56 Å². The summed E-state index contributed by atoms with van der Waals surface area (Å²) in [6, 6.07) is 16.2. The molecular weight excluding hydrogens is 414 g/mol. The first-order valence-electron chi connectivity index (χ1n) is 10.0. The van der Waals surface area contributed by atoms with Crippen LogP contribution in [0.5, 0.6) is 0 Å². The lowest BCUT2D eigenvalue weighted by Crippen LogP contribution is -2.40. The molecule has 2 aromatic carbocycles. The van der Waals surface area contributed by atoms with E-state index in [2.05, 4.69) is 11.1 Å². The van der Waals surface area contributed by atoms with Crippen LogP contribution in [0.3, 0.4) is 0 Å². The zero-order valence-corrected chi connectivity index (χ0v) is 17.3. The van der Waals surface area contributed by atoms with Crippen molar-refractivity contribution in [3.05, 3.63) is 91.8 Å². The summed E-state index contributed by atoms with van der Waals surface area (Å²) < 4.78 is 4.53. The number of benzene rings is 2. The number of hydrogen-bond acceptors (Lipinski definition) is 4. The van der Waals surface area contributed by atoms with Gasteiger partial charge >= 0.3 is 5.69 Å². The maximum Gasteiger partial charge on any atom is 0.337 e. The molecule has 1 aliphatic rings. The Labute approximate surface area is 182 Å². The van der Waals surface area contributed by atoms with E-state index in [4.69, 9.17) is 16.9 Å². The van der Waals surface area contributed by atoms with E-state index in [0.29, 0.717) is 46.4 Å². The van der Waals surface area contributed by atoms with Gasteiger partial charge < -0.3 is 4.57 Å². The summed E-state index contributed by atoms with van der Waals surface area (Å²) in [5.41, 5.74) is 1.98. The van der Waals surface area contributed by atoms with Crippen LogP contribution >= 0.6 is 11.6 Å². The number of rotatable bonds is 5. The van der Waals surface area contributed by atoms with Crippen LogP contribution in [0, 0.1) is 17.2 Å². The Morgan fingerprint density at radius 3 is 2.58 bits per heavy atom. The van der Waals surface area contributed by atoms with Crippen molar-refractivity contribution in [1.29, 1.82) is 5.26 Å². The quantitative estimate of drug-likeness (QED) is 0.485. The van der Waals surface area contributed by atoms with E-state index in [1.807, 2.05) is 12.1 Å². The van der Waals surface area contributed by atoms with Gasteiger partial charge in [-0.05, 0) is 54.7 Å². The van der Waals surface area contributed by atoms with Gasteiger partial charge in [-0.15, -0.1) is 0 Å². The molecule has 2 aromatic heterocycles. The topological polar surface area (TPSA) is 85.6 Å². The third kappa shape index (κ3) is 3.56. The number of fused-ring (bicyclic) bond motifs is 1. The van der Waals surface area contributed by atoms with Crippen molar-refractivity contribution in [2.24, 2.45) is 5.92 Å². The zero-order valence-electron chi connectivity index (χ0n) is 16.5. The number of halogens is 1. The molecule has 31 heavy (non-hydrogen) atoms. The molecule has 0 atom stereocenters. The smallest absolute Gasteiger partial charge is 0.320 e. The summed E-state index contributed by atoms with van der Waals surface area (Å²) in [6.45, 7) is 0.796. The van der Waals surface area contributed by atoms with Crippen molar-refractivity contribution in [2.75, 3.05) is 0 Å². The number of imidazole rings is 1. The first-order chi connectivity index (χ1) is 15.0. The highest BCUT2D eigenvalue weighted by Crippen LogP contribution is 2.30. The highest BCUT2D eigenvalue weighted by molar-refractivity contribution is 6.30. The van der Waals surface area contributed by atoms with Gasteiger partial charge in [0.2, 0.25) is 0 Å². The minimum atomic E-state index is -0.407. The summed E-state index contributed by atoms with van der Waals surface area (Å²) in [7, 11) is 0. The fourth-order valence-corrected chi connectivity index (χ4v) is 3.93. The van der Waals surface area contributed by atoms with E-state index >= 15 is 0 Å². The van der Waals surface area contributed by atoms with Gasteiger partial charge in [-0.1, -0.05) is 29.8 Å². The highest BCUT2D eigenvalue weighted by Gasteiger charge is 2.26. The average Bonchev–Trinajstić information content (AvgIpc) is 3.50. The largest absolute Gasteiger partial charge is 0.337 e. The van der Waals surface area contributed by atoms with Crippen LogP contribution in [0.25, 0.3) is 16.9 Å². The van der Waals surface area contributed by atoms with Gasteiger partial charge in [0, 0.05) is 18.1 Å². The molecule has 1 aliphatic carbocycles. The van der Waals surface area contributed by atoms with Crippen molar-refractivity contribution in [1.82, 2.24) is 18.7 Å². The fraction of sp³-hybridized carbons (Fsp3) is 0.217. The van der Waals surface area contributed by atoms with Gasteiger partial charge in [0.1, 0.15) is 0 Å². The predicted molar refractivity (Wildman–Crippen MR) is 118 cm³/mol. The SMILES string of the molecule is N#Cc1ccc(Cn2cnc3c2c(=O)n(CC2CC2)c(=O)n3-c2cccc(Cl)c2)cc1. The van der Waals surface area contributed by atoms with Gasteiger partial charge in [0.05, 0.1) is 23.6 Å². The Bertz CT molecular complexity index is 1450. The molecule has 5 rings (SSSR count). The van der Waals surface area contributed by atoms with Crippen LogP contribution in [0.4, 0.5) is 0 Å². The van der Waals surface area contributed by atoms with Crippen molar-refractivity contribution < 1.29 is 0 Å². The molecule has 8 heteroatoms. The molecule has 0 bridgehead atoms. The lowest BCUT2D eigenvalue weighted by atomic mass is 10.1. The number of nitriles is 1. The number of hydrogen-bond donors (Lipinski definition) is 0. The minimum Gasteiger partial charge on any atom is -0.320 e. The van der Waals surface area contributed by atoms with Gasteiger partial charge in [0.25, 0.3) is 5.56 Å². The predicted octanol–water partition coefficient (Wildman–Crippen LogP) is 3.33. The van der Waals surface area contributed by atoms with Crippen molar-refractivity contribution in [3.63, 3.8) is 0 Å². The Balaban J connectivity index is 1.72. The summed E-state index contributed by atoms with van der Waals surface area (Å²) in [6.07, 6.45) is 3.61. The van der Waals surface area contributed by atoms with E-state index < -0.39 is 5.69 Å². The Morgan fingerprint density at radius 1 is 1.13 bits per heavy atom. The Morgan fingerprint density at radius 2 is 1.90 bits per heavy atom. The third-order valence-corrected chi connectivity index (χ3v) is 5.78. The third-order valence-electron chi connectivity index (χ3n) is 5.54. The zero-order chi connectivity index (χ0) is 21.5. The molecule has 0 saturated heterocycles. The molecule has 0 amide bonds. The van der Waals surface area contributed by atoms with E-state index in [1.165, 1.54) is 9.13 Å². The van der Waals surface area contributed by atoms with Crippen LogP contribution in [-0.4, -0.2) is 18.7 Å². The fourth-order valence-electron chi connectivity index (χ4n) is 3.75. The van der Waals surface area contributed by atoms with Crippen LogP contribution in [-0.2, 0) is 13.1 Å². The standard InChI is InChI=1S/C23H18ClN5O2/c24-18-2-1-3-19(10-18)29-21-20(22(30)28(23(29)31)13-17-8-9-17)27(14-26-21)12-16-6-4-15(11-25)5-7-16/h1-7,10,14,17H,8-9,12-13H2. The van der Waals surface area contributed by atoms with Gasteiger partial charge in [-0.3, -0.25) is 9.36 Å². The lowest BCUT2D eigenvalue weighted by Gasteiger charge is -2.13. The molecule has 0 N–H and O–H groups in total. The molecular formula is C23H18ClN5O2. The minimum absolute atomic E-state index is 0.304. The maximum atomic E-state index is 13.4. The maximum absolute atomic E-state index is 13.4. The average molecular weight is 432 g/mol. The van der Waals surface area contributed by atoms with Crippen LogP contribution in [0.1, 0.15) is 24.0 Å². The Hall–Kier alpha value is -3.63. The summed E-state index contributed by atoms with van der Waals surface area (Å²) >= 11 is 6.17. The normalized spacial score (nSPS) is 13.4. The monoisotopic (exact) mass is 431 g/mol. The van der Waals surface area contributed by atoms with Gasteiger partial charge in [0.15, 0.2) is 11.2 Å². The molecule has 0 aliphatic heterocycles. The van der Waals surface area contributed by atoms with E-state index in [1.54, 1.807) is 47.3 Å². The summed E-state index contributed by atoms with van der Waals surface area (Å²) in [5, 5.41) is 9.50. The van der Waals surface area contributed by atoms with E-state index in [0.717, 1.165) is 18.4 Å². The van der Waals surface area contributed by atoms with Gasteiger partial charge in [-0.2, -0.15) is 5.26 Å². The van der Waals surface area contributed by atoms with Crippen molar-refractivity contribution in [2.45, 2.75) is 25.9 Å². The molecule has 7 nitrogen and oxygen atoms in total. The highest BCUT2D eigenvalue weighted by atomic mass is 35.5. The molecule has 0 radical (unpaired) electrons. The van der Waals surface area contributed by atoms with Crippen LogP contribution in [0.15, 0.2) is 64.4 Å². The first kappa shape index (κ1) is 19.3. The number of aromatic nitrogens is 4. The van der Waals surface area contributed by atoms with Crippen LogP contribution < -0.4 is 11.2 Å². The second-order valence-corrected chi connectivity index (χ2v) is 8.25. The summed E-state index contributed by atoms with van der Waals surface area (Å²) in [5.74, 6) is 0.352. The van der Waals surface area contributed by atoms with E-state index in [9.17, 15) is 9.59 Å². The molecule has 4 aromatic rings.